The summed E-state index contributed by atoms with van der Waals surface area (Å²) in [6.45, 7) is 9.35. The van der Waals surface area contributed by atoms with Crippen molar-refractivity contribution in [3.05, 3.63) is 29.3 Å². The van der Waals surface area contributed by atoms with Crippen LogP contribution < -0.4 is 4.74 Å². The van der Waals surface area contributed by atoms with E-state index in [1.165, 1.54) is 19.3 Å². The lowest BCUT2D eigenvalue weighted by Gasteiger charge is -2.24. The summed E-state index contributed by atoms with van der Waals surface area (Å²) >= 11 is 0. The Kier molecular flexibility index (Phi) is 6.78. The van der Waals surface area contributed by atoms with E-state index in [1.807, 2.05) is 18.2 Å². The van der Waals surface area contributed by atoms with Crippen molar-refractivity contribution in [2.24, 2.45) is 0 Å². The highest BCUT2D eigenvalue weighted by molar-refractivity contribution is 5.43. The van der Waals surface area contributed by atoms with Crippen molar-refractivity contribution >= 4 is 0 Å². The largest absolute Gasteiger partial charge is 0.493 e. The molecule has 1 aromatic rings. The van der Waals surface area contributed by atoms with Crippen LogP contribution in [0.2, 0.25) is 0 Å². The van der Waals surface area contributed by atoms with Gasteiger partial charge in [0, 0.05) is 0 Å². The normalized spacial score (nSPS) is 12.8. The molecule has 0 heterocycles. The van der Waals surface area contributed by atoms with Gasteiger partial charge in [-0.05, 0) is 35.1 Å². The molecule has 2 heteroatoms. The SMILES string of the molecule is C#CC(O)c1ccc(OCCCCCC)c(C(C)(C)C)c1. The zero-order valence-corrected chi connectivity index (χ0v) is 13.8. The van der Waals surface area contributed by atoms with Gasteiger partial charge in [-0.2, -0.15) is 0 Å². The smallest absolute Gasteiger partial charge is 0.139 e. The van der Waals surface area contributed by atoms with Crippen molar-refractivity contribution < 1.29 is 9.84 Å². The standard InChI is InChI=1S/C19H28O2/c1-6-8-9-10-13-21-18-12-11-15(17(20)7-2)14-16(18)19(3,4)5/h2,11-12,14,17,20H,6,8-10,13H2,1,3-5H3. The highest BCUT2D eigenvalue weighted by Gasteiger charge is 2.20. The van der Waals surface area contributed by atoms with Crippen LogP contribution in [0.15, 0.2) is 18.2 Å². The Bertz CT molecular complexity index is 477. The van der Waals surface area contributed by atoms with E-state index < -0.39 is 6.10 Å². The lowest BCUT2D eigenvalue weighted by atomic mass is 9.85. The molecule has 0 saturated heterocycles. The Morgan fingerprint density at radius 1 is 1.24 bits per heavy atom. The summed E-state index contributed by atoms with van der Waals surface area (Å²) in [6, 6.07) is 5.74. The Balaban J connectivity index is 2.86. The van der Waals surface area contributed by atoms with Crippen LogP contribution in [0.1, 0.15) is 70.6 Å². The van der Waals surface area contributed by atoms with Gasteiger partial charge in [0.15, 0.2) is 0 Å². The third-order valence-electron chi connectivity index (χ3n) is 3.54. The van der Waals surface area contributed by atoms with E-state index in [-0.39, 0.29) is 5.41 Å². The van der Waals surface area contributed by atoms with Crippen LogP contribution in [-0.2, 0) is 5.41 Å². The molecule has 0 radical (unpaired) electrons. The number of hydrogen-bond acceptors (Lipinski definition) is 2. The molecule has 0 saturated carbocycles. The second-order valence-corrected chi connectivity index (χ2v) is 6.48. The fourth-order valence-corrected chi connectivity index (χ4v) is 2.24. The fourth-order valence-electron chi connectivity index (χ4n) is 2.24. The molecule has 1 atom stereocenters. The molecule has 0 aliphatic heterocycles. The minimum atomic E-state index is -0.857. The molecular weight excluding hydrogens is 260 g/mol. The molecule has 0 aliphatic rings. The van der Waals surface area contributed by atoms with Gasteiger partial charge in [-0.3, -0.25) is 0 Å². The molecule has 1 unspecified atom stereocenters. The maximum atomic E-state index is 9.81. The fraction of sp³-hybridized carbons (Fsp3) is 0.579. The minimum Gasteiger partial charge on any atom is -0.493 e. The van der Waals surface area contributed by atoms with Gasteiger partial charge >= 0.3 is 0 Å². The molecule has 0 spiro atoms. The Hall–Kier alpha value is -1.46. The zero-order valence-electron chi connectivity index (χ0n) is 13.8. The molecule has 2 nitrogen and oxygen atoms in total. The summed E-state index contributed by atoms with van der Waals surface area (Å²) in [5.74, 6) is 3.26. The predicted octanol–water partition coefficient (Wildman–Crippen LogP) is 4.61. The summed E-state index contributed by atoms with van der Waals surface area (Å²) in [7, 11) is 0. The monoisotopic (exact) mass is 288 g/mol. The molecule has 21 heavy (non-hydrogen) atoms. The van der Waals surface area contributed by atoms with E-state index in [0.717, 1.165) is 29.9 Å². The first-order valence-corrected chi connectivity index (χ1v) is 7.81. The van der Waals surface area contributed by atoms with Crippen LogP contribution in [0, 0.1) is 12.3 Å². The Morgan fingerprint density at radius 3 is 2.52 bits per heavy atom. The number of benzene rings is 1. The molecule has 0 fully saturated rings. The molecule has 1 N–H and O–H groups in total. The van der Waals surface area contributed by atoms with Gasteiger partial charge in [0.05, 0.1) is 6.61 Å². The average Bonchev–Trinajstić information content (AvgIpc) is 2.45. The van der Waals surface area contributed by atoms with Crippen molar-refractivity contribution in [2.75, 3.05) is 6.61 Å². The van der Waals surface area contributed by atoms with Gasteiger partial charge in [0.25, 0.3) is 0 Å². The van der Waals surface area contributed by atoms with E-state index in [4.69, 9.17) is 11.2 Å². The highest BCUT2D eigenvalue weighted by atomic mass is 16.5. The average molecular weight is 288 g/mol. The first-order valence-electron chi connectivity index (χ1n) is 7.81. The van der Waals surface area contributed by atoms with Crippen molar-refractivity contribution in [3.8, 4) is 18.1 Å². The van der Waals surface area contributed by atoms with Gasteiger partial charge < -0.3 is 9.84 Å². The van der Waals surface area contributed by atoms with Crippen LogP contribution in [0.3, 0.4) is 0 Å². The van der Waals surface area contributed by atoms with Crippen LogP contribution in [-0.4, -0.2) is 11.7 Å². The number of hydrogen-bond donors (Lipinski definition) is 1. The first kappa shape index (κ1) is 17.6. The summed E-state index contributed by atoms with van der Waals surface area (Å²) in [5.41, 5.74) is 1.79. The maximum absolute atomic E-state index is 9.81. The van der Waals surface area contributed by atoms with Gasteiger partial charge in [0.2, 0.25) is 0 Å². The van der Waals surface area contributed by atoms with Gasteiger partial charge in [-0.25, -0.2) is 0 Å². The third-order valence-corrected chi connectivity index (χ3v) is 3.54. The lowest BCUT2D eigenvalue weighted by Crippen LogP contribution is -2.15. The minimum absolute atomic E-state index is 0.0525. The summed E-state index contributed by atoms with van der Waals surface area (Å²) < 4.78 is 5.95. The molecule has 0 bridgehead atoms. The van der Waals surface area contributed by atoms with Crippen molar-refractivity contribution in [1.82, 2.24) is 0 Å². The van der Waals surface area contributed by atoms with Gasteiger partial charge in [-0.1, -0.05) is 58.9 Å². The number of ether oxygens (including phenoxy) is 1. The summed E-state index contributed by atoms with van der Waals surface area (Å²) in [5, 5.41) is 9.81. The van der Waals surface area contributed by atoms with E-state index >= 15 is 0 Å². The Morgan fingerprint density at radius 2 is 1.95 bits per heavy atom. The number of terminal acetylenes is 1. The zero-order chi connectivity index (χ0) is 15.9. The van der Waals surface area contributed by atoms with E-state index in [0.29, 0.717) is 0 Å². The van der Waals surface area contributed by atoms with Crippen LogP contribution in [0.5, 0.6) is 5.75 Å². The lowest BCUT2D eigenvalue weighted by molar-refractivity contribution is 0.237. The molecule has 0 aliphatic carbocycles. The second-order valence-electron chi connectivity index (χ2n) is 6.48. The van der Waals surface area contributed by atoms with Crippen molar-refractivity contribution in [1.29, 1.82) is 0 Å². The van der Waals surface area contributed by atoms with E-state index in [9.17, 15) is 5.11 Å². The molecule has 0 amide bonds. The summed E-state index contributed by atoms with van der Waals surface area (Å²) in [4.78, 5) is 0. The maximum Gasteiger partial charge on any atom is 0.139 e. The van der Waals surface area contributed by atoms with Crippen LogP contribution >= 0.6 is 0 Å². The van der Waals surface area contributed by atoms with Crippen LogP contribution in [0.4, 0.5) is 0 Å². The van der Waals surface area contributed by atoms with Gasteiger partial charge in [-0.15, -0.1) is 6.42 Å². The third kappa shape index (κ3) is 5.44. The van der Waals surface area contributed by atoms with Crippen LogP contribution in [0.25, 0.3) is 0 Å². The molecular formula is C19H28O2. The Labute approximate surface area is 129 Å². The second kappa shape index (κ2) is 8.10. The molecule has 1 aromatic carbocycles. The van der Waals surface area contributed by atoms with Crippen molar-refractivity contribution in [2.45, 2.75) is 64.9 Å². The number of aliphatic hydroxyl groups excluding tert-OH is 1. The number of unbranched alkanes of at least 4 members (excludes halogenated alkanes) is 3. The van der Waals surface area contributed by atoms with Crippen molar-refractivity contribution in [3.63, 3.8) is 0 Å². The van der Waals surface area contributed by atoms with E-state index in [2.05, 4.69) is 33.6 Å². The van der Waals surface area contributed by atoms with Gasteiger partial charge in [0.1, 0.15) is 11.9 Å². The summed E-state index contributed by atoms with van der Waals surface area (Å²) in [6.07, 6.45) is 9.20. The number of aliphatic hydroxyl groups is 1. The topological polar surface area (TPSA) is 29.5 Å². The molecule has 116 valence electrons. The first-order chi connectivity index (χ1) is 9.90. The molecule has 1 rings (SSSR count). The molecule has 0 aromatic heterocycles. The van der Waals surface area contributed by atoms with E-state index in [1.54, 1.807) is 0 Å². The number of rotatable bonds is 7. The highest BCUT2D eigenvalue weighted by Crippen LogP contribution is 2.33. The predicted molar refractivity (Wildman–Crippen MR) is 88.6 cm³/mol. The quantitative estimate of drug-likeness (QED) is 0.586.